The van der Waals surface area contributed by atoms with Crippen LogP contribution in [-0.4, -0.2) is 52.3 Å². The van der Waals surface area contributed by atoms with Crippen molar-refractivity contribution in [3.8, 4) is 0 Å². The number of benzene rings is 3. The van der Waals surface area contributed by atoms with Gasteiger partial charge in [-0.15, -0.1) is 0 Å². The van der Waals surface area contributed by atoms with E-state index < -0.39 is 41.0 Å². The van der Waals surface area contributed by atoms with Crippen LogP contribution in [0.15, 0.2) is 79.0 Å². The van der Waals surface area contributed by atoms with E-state index in [1.54, 1.807) is 41.4 Å². The van der Waals surface area contributed by atoms with Crippen molar-refractivity contribution in [1.82, 2.24) is 14.8 Å². The third kappa shape index (κ3) is 5.54. The second-order valence-corrected chi connectivity index (χ2v) is 9.63. The van der Waals surface area contributed by atoms with E-state index in [-0.39, 0.29) is 38.0 Å². The van der Waals surface area contributed by atoms with Crippen molar-refractivity contribution in [2.45, 2.75) is 24.8 Å². The van der Waals surface area contributed by atoms with Crippen molar-refractivity contribution in [3.05, 3.63) is 107 Å². The SMILES string of the molecule is O=C(c1ccccc1)N1CCN(C(=O)c2cc(C(F)(F)F)cc(C(F)(F)F)c2)[C@H](Cc2c[nH]c3ccccc23)C1. The first-order chi connectivity index (χ1) is 18.9. The number of nitrogens with one attached hydrogen (secondary N) is 1. The van der Waals surface area contributed by atoms with Crippen molar-refractivity contribution < 1.29 is 35.9 Å². The minimum Gasteiger partial charge on any atom is -0.361 e. The van der Waals surface area contributed by atoms with Crippen LogP contribution in [-0.2, 0) is 18.8 Å². The summed E-state index contributed by atoms with van der Waals surface area (Å²) < 4.78 is 80.9. The van der Waals surface area contributed by atoms with Crippen molar-refractivity contribution in [2.75, 3.05) is 19.6 Å². The second kappa shape index (κ2) is 10.4. The van der Waals surface area contributed by atoms with Gasteiger partial charge in [-0.2, -0.15) is 26.3 Å². The van der Waals surface area contributed by atoms with E-state index in [1.807, 2.05) is 24.3 Å². The first kappa shape index (κ1) is 27.3. The predicted octanol–water partition coefficient (Wildman–Crippen LogP) is 6.42. The van der Waals surface area contributed by atoms with Crippen LogP contribution in [0.1, 0.15) is 37.4 Å². The molecule has 40 heavy (non-hydrogen) atoms. The largest absolute Gasteiger partial charge is 0.416 e. The van der Waals surface area contributed by atoms with E-state index in [0.717, 1.165) is 16.5 Å². The maximum atomic E-state index is 13.6. The van der Waals surface area contributed by atoms with E-state index in [1.165, 1.54) is 4.90 Å². The fraction of sp³-hybridized carbons (Fsp3) is 0.241. The molecule has 11 heteroatoms. The number of rotatable bonds is 4. The fourth-order valence-electron chi connectivity index (χ4n) is 5.04. The molecule has 1 fully saturated rings. The summed E-state index contributed by atoms with van der Waals surface area (Å²) in [6, 6.07) is 16.0. The Kier molecular flexibility index (Phi) is 7.07. The molecular formula is C29H23F6N3O2. The molecule has 1 atom stereocenters. The number of para-hydroxylation sites is 1. The van der Waals surface area contributed by atoms with Crippen LogP contribution >= 0.6 is 0 Å². The molecule has 1 aromatic heterocycles. The molecule has 1 aliphatic rings. The Bertz CT molecular complexity index is 1510. The molecule has 0 bridgehead atoms. The number of amides is 2. The molecule has 0 radical (unpaired) electrons. The first-order valence-electron chi connectivity index (χ1n) is 12.4. The van der Waals surface area contributed by atoms with Crippen LogP contribution in [0, 0.1) is 0 Å². The van der Waals surface area contributed by atoms with E-state index in [4.69, 9.17) is 0 Å². The highest BCUT2D eigenvalue weighted by Gasteiger charge is 2.39. The zero-order valence-electron chi connectivity index (χ0n) is 20.9. The Hall–Kier alpha value is -4.28. The number of hydrogen-bond donors (Lipinski definition) is 1. The minimum absolute atomic E-state index is 0.00330. The van der Waals surface area contributed by atoms with Crippen LogP contribution in [0.2, 0.25) is 0 Å². The average Bonchev–Trinajstić information content (AvgIpc) is 3.34. The van der Waals surface area contributed by atoms with Gasteiger partial charge < -0.3 is 14.8 Å². The number of aromatic nitrogens is 1. The molecule has 3 aromatic carbocycles. The standard InChI is InChI=1S/C29H23F6N3O2/c30-28(31,32)21-12-19(13-22(15-21)29(33,34)35)27(40)38-11-10-37(26(39)18-6-2-1-3-7-18)17-23(38)14-20-16-36-25-9-5-4-8-24(20)25/h1-9,12-13,15-16,23,36H,10-11,14,17H2/t23-/m1/s1. The zero-order chi connectivity index (χ0) is 28.7. The molecule has 4 aromatic rings. The van der Waals surface area contributed by atoms with E-state index in [0.29, 0.717) is 17.7 Å². The van der Waals surface area contributed by atoms with Gasteiger partial charge in [0.15, 0.2) is 0 Å². The number of piperazine rings is 1. The Balaban J connectivity index is 1.51. The average molecular weight is 560 g/mol. The smallest absolute Gasteiger partial charge is 0.361 e. The monoisotopic (exact) mass is 559 g/mol. The zero-order valence-corrected chi connectivity index (χ0v) is 20.9. The summed E-state index contributed by atoms with van der Waals surface area (Å²) in [4.78, 5) is 32.7. The van der Waals surface area contributed by atoms with Crippen molar-refractivity contribution in [1.29, 1.82) is 0 Å². The van der Waals surface area contributed by atoms with Crippen LogP contribution in [0.5, 0.6) is 0 Å². The Morgan fingerprint density at radius 1 is 0.775 bits per heavy atom. The quantitative estimate of drug-likeness (QED) is 0.294. The maximum absolute atomic E-state index is 13.6. The number of alkyl halides is 6. The van der Waals surface area contributed by atoms with Gasteiger partial charge in [0.25, 0.3) is 11.8 Å². The number of aromatic amines is 1. The van der Waals surface area contributed by atoms with Gasteiger partial charge in [0.2, 0.25) is 0 Å². The molecule has 5 rings (SSSR count). The van der Waals surface area contributed by atoms with E-state index in [2.05, 4.69) is 4.98 Å². The van der Waals surface area contributed by atoms with Gasteiger partial charge in [-0.25, -0.2) is 0 Å². The van der Waals surface area contributed by atoms with E-state index in [9.17, 15) is 35.9 Å². The summed E-state index contributed by atoms with van der Waals surface area (Å²) in [6.45, 7) is 0.0427. The molecule has 2 heterocycles. The Morgan fingerprint density at radius 2 is 1.40 bits per heavy atom. The van der Waals surface area contributed by atoms with Gasteiger partial charge in [0, 0.05) is 47.9 Å². The van der Waals surface area contributed by atoms with Gasteiger partial charge in [0.1, 0.15) is 0 Å². The number of hydrogen-bond acceptors (Lipinski definition) is 2. The van der Waals surface area contributed by atoms with Crippen molar-refractivity contribution in [3.63, 3.8) is 0 Å². The highest BCUT2D eigenvalue weighted by molar-refractivity contribution is 5.96. The molecule has 1 aliphatic heterocycles. The number of carbonyl (C=O) groups excluding carboxylic acids is 2. The van der Waals surface area contributed by atoms with Gasteiger partial charge in [0.05, 0.1) is 17.2 Å². The van der Waals surface area contributed by atoms with Crippen LogP contribution < -0.4 is 0 Å². The van der Waals surface area contributed by atoms with Crippen LogP contribution in [0.25, 0.3) is 10.9 Å². The number of nitrogens with zero attached hydrogens (tertiary/aromatic N) is 2. The van der Waals surface area contributed by atoms with Gasteiger partial charge in [-0.1, -0.05) is 36.4 Å². The topological polar surface area (TPSA) is 56.4 Å². The van der Waals surface area contributed by atoms with Gasteiger partial charge in [-0.05, 0) is 48.4 Å². The lowest BCUT2D eigenvalue weighted by Crippen LogP contribution is -2.57. The molecule has 1 N–H and O–H groups in total. The molecular weight excluding hydrogens is 536 g/mol. The first-order valence-corrected chi connectivity index (χ1v) is 12.4. The lowest BCUT2D eigenvalue weighted by Gasteiger charge is -2.41. The number of carbonyl (C=O) groups is 2. The summed E-state index contributed by atoms with van der Waals surface area (Å²) in [5.41, 5.74) is -1.77. The summed E-state index contributed by atoms with van der Waals surface area (Å²) in [7, 11) is 0. The molecule has 0 spiro atoms. The summed E-state index contributed by atoms with van der Waals surface area (Å²) in [5.74, 6) is -1.25. The molecule has 1 saturated heterocycles. The molecule has 5 nitrogen and oxygen atoms in total. The summed E-state index contributed by atoms with van der Waals surface area (Å²) in [6.07, 6.45) is -8.20. The summed E-state index contributed by atoms with van der Waals surface area (Å²) in [5, 5.41) is 0.861. The molecule has 0 saturated carbocycles. The lowest BCUT2D eigenvalue weighted by molar-refractivity contribution is -0.143. The third-order valence-corrected chi connectivity index (χ3v) is 7.02. The third-order valence-electron chi connectivity index (χ3n) is 7.02. The molecule has 0 unspecified atom stereocenters. The van der Waals surface area contributed by atoms with Crippen LogP contribution in [0.4, 0.5) is 26.3 Å². The second-order valence-electron chi connectivity index (χ2n) is 9.63. The number of halogens is 6. The normalized spacial score (nSPS) is 16.4. The number of H-pyrrole nitrogens is 1. The van der Waals surface area contributed by atoms with Crippen molar-refractivity contribution >= 4 is 22.7 Å². The molecule has 208 valence electrons. The Morgan fingerprint density at radius 3 is 2.05 bits per heavy atom. The van der Waals surface area contributed by atoms with Crippen LogP contribution in [0.3, 0.4) is 0 Å². The molecule has 2 amide bonds. The number of fused-ring (bicyclic) bond motifs is 1. The Labute approximate surface area is 225 Å². The maximum Gasteiger partial charge on any atom is 0.416 e. The summed E-state index contributed by atoms with van der Waals surface area (Å²) >= 11 is 0. The van der Waals surface area contributed by atoms with Crippen molar-refractivity contribution in [2.24, 2.45) is 0 Å². The highest BCUT2D eigenvalue weighted by Crippen LogP contribution is 2.37. The van der Waals surface area contributed by atoms with E-state index >= 15 is 0 Å². The highest BCUT2D eigenvalue weighted by atomic mass is 19.4. The predicted molar refractivity (Wildman–Crippen MR) is 136 cm³/mol. The fourth-order valence-corrected chi connectivity index (χ4v) is 5.04. The lowest BCUT2D eigenvalue weighted by atomic mass is 9.98. The molecule has 0 aliphatic carbocycles. The minimum atomic E-state index is -5.08. The van der Waals surface area contributed by atoms with Gasteiger partial charge >= 0.3 is 12.4 Å². The van der Waals surface area contributed by atoms with Gasteiger partial charge in [-0.3, -0.25) is 9.59 Å².